The molecule has 0 aliphatic carbocycles. The molecule has 1 unspecified atom stereocenters. The molecular weight excluding hydrogens is 420 g/mol. The summed E-state index contributed by atoms with van der Waals surface area (Å²) in [5.74, 6) is -2.76. The second-order valence-electron chi connectivity index (χ2n) is 7.78. The molecule has 1 fully saturated rings. The molecule has 1 saturated heterocycles. The van der Waals surface area contributed by atoms with E-state index >= 15 is 0 Å². The maximum atomic E-state index is 13.0. The lowest BCUT2D eigenvalue weighted by atomic mass is 10.0. The Hall–Kier alpha value is -3.33. The summed E-state index contributed by atoms with van der Waals surface area (Å²) >= 11 is 0. The number of nitrogens with zero attached hydrogens (tertiary/aromatic N) is 1. The number of fused-ring (bicyclic) bond motifs is 1. The standard InChI is InChI=1S/C22H20N2O6S/c1-12-4-3-5-18(13(12)2)31(29,30)11-14-6-7-15-16(10-14)22(28)24(21(15)27)17-8-9-19(25)23-20(17)26/h3-7,10,17H,8-9,11H2,1-2H3,(H,23,25,26). The average Bonchev–Trinajstić information content (AvgIpc) is 2.94. The molecule has 31 heavy (non-hydrogen) atoms. The number of hydrogen-bond donors (Lipinski definition) is 1. The van der Waals surface area contributed by atoms with Gasteiger partial charge in [-0.15, -0.1) is 0 Å². The van der Waals surface area contributed by atoms with E-state index in [1.807, 2.05) is 13.0 Å². The number of piperidine rings is 1. The summed E-state index contributed by atoms with van der Waals surface area (Å²) in [4.78, 5) is 50.3. The van der Waals surface area contributed by atoms with Crippen molar-refractivity contribution < 1.29 is 27.6 Å². The number of imide groups is 2. The third-order valence-corrected chi connectivity index (χ3v) is 7.58. The van der Waals surface area contributed by atoms with Gasteiger partial charge in [0.15, 0.2) is 9.84 Å². The third kappa shape index (κ3) is 3.54. The molecule has 2 aromatic rings. The third-order valence-electron chi connectivity index (χ3n) is 5.75. The number of carbonyl (C=O) groups excluding carboxylic acids is 4. The lowest BCUT2D eigenvalue weighted by molar-refractivity contribution is -0.136. The molecule has 2 aliphatic rings. The van der Waals surface area contributed by atoms with Gasteiger partial charge >= 0.3 is 0 Å². The summed E-state index contributed by atoms with van der Waals surface area (Å²) in [7, 11) is -3.68. The van der Waals surface area contributed by atoms with Gasteiger partial charge < -0.3 is 0 Å². The monoisotopic (exact) mass is 440 g/mol. The van der Waals surface area contributed by atoms with Crippen molar-refractivity contribution in [3.63, 3.8) is 0 Å². The molecule has 1 atom stereocenters. The maximum Gasteiger partial charge on any atom is 0.262 e. The van der Waals surface area contributed by atoms with Gasteiger partial charge in [0, 0.05) is 6.42 Å². The highest BCUT2D eigenvalue weighted by Gasteiger charge is 2.44. The Morgan fingerprint density at radius 3 is 2.42 bits per heavy atom. The Bertz CT molecular complexity index is 1260. The zero-order chi connectivity index (χ0) is 22.5. The minimum Gasteiger partial charge on any atom is -0.295 e. The minimum atomic E-state index is -3.68. The lowest BCUT2D eigenvalue weighted by Crippen LogP contribution is -2.54. The first-order valence-electron chi connectivity index (χ1n) is 9.73. The van der Waals surface area contributed by atoms with Gasteiger partial charge in [-0.25, -0.2) is 8.42 Å². The molecule has 2 aliphatic heterocycles. The van der Waals surface area contributed by atoms with Gasteiger partial charge in [-0.2, -0.15) is 0 Å². The molecular formula is C22H20N2O6S. The maximum absolute atomic E-state index is 13.0. The van der Waals surface area contributed by atoms with E-state index in [9.17, 15) is 27.6 Å². The number of rotatable bonds is 4. The van der Waals surface area contributed by atoms with Gasteiger partial charge in [-0.1, -0.05) is 18.2 Å². The molecule has 4 amide bonds. The Kier molecular flexibility index (Phi) is 5.01. The number of aryl methyl sites for hydroxylation is 1. The number of benzene rings is 2. The first-order chi connectivity index (χ1) is 14.6. The lowest BCUT2D eigenvalue weighted by Gasteiger charge is -2.27. The van der Waals surface area contributed by atoms with Crippen LogP contribution in [0.4, 0.5) is 0 Å². The quantitative estimate of drug-likeness (QED) is 0.723. The van der Waals surface area contributed by atoms with E-state index in [0.29, 0.717) is 11.1 Å². The average molecular weight is 440 g/mol. The van der Waals surface area contributed by atoms with Crippen LogP contribution in [-0.4, -0.2) is 43.0 Å². The van der Waals surface area contributed by atoms with Crippen molar-refractivity contribution >= 4 is 33.5 Å². The zero-order valence-corrected chi connectivity index (χ0v) is 17.8. The predicted octanol–water partition coefficient (Wildman–Crippen LogP) is 1.68. The van der Waals surface area contributed by atoms with Crippen LogP contribution in [0.3, 0.4) is 0 Å². The van der Waals surface area contributed by atoms with E-state index in [2.05, 4.69) is 5.32 Å². The van der Waals surface area contributed by atoms with Crippen molar-refractivity contribution in [3.05, 3.63) is 64.2 Å². The summed E-state index contributed by atoms with van der Waals surface area (Å²) in [6, 6.07) is 8.30. The Morgan fingerprint density at radius 1 is 1.00 bits per heavy atom. The number of hydrogen-bond acceptors (Lipinski definition) is 6. The van der Waals surface area contributed by atoms with E-state index in [1.165, 1.54) is 18.2 Å². The van der Waals surface area contributed by atoms with Crippen molar-refractivity contribution in [2.75, 3.05) is 0 Å². The smallest absolute Gasteiger partial charge is 0.262 e. The minimum absolute atomic E-state index is 0.0309. The van der Waals surface area contributed by atoms with Crippen LogP contribution in [0.15, 0.2) is 41.3 Å². The van der Waals surface area contributed by atoms with Gasteiger partial charge in [0.1, 0.15) is 6.04 Å². The summed E-state index contributed by atoms with van der Waals surface area (Å²) in [5.41, 5.74) is 2.06. The number of nitrogens with one attached hydrogen (secondary N) is 1. The van der Waals surface area contributed by atoms with Gasteiger partial charge in [-0.05, 0) is 55.2 Å². The second kappa shape index (κ2) is 7.42. The number of carbonyl (C=O) groups is 4. The molecule has 0 bridgehead atoms. The summed E-state index contributed by atoms with van der Waals surface area (Å²) in [6.45, 7) is 3.57. The Morgan fingerprint density at radius 2 is 1.71 bits per heavy atom. The summed E-state index contributed by atoms with van der Waals surface area (Å²) in [6.07, 6.45) is 0.0904. The van der Waals surface area contributed by atoms with Crippen LogP contribution in [-0.2, 0) is 25.2 Å². The number of sulfone groups is 1. The topological polar surface area (TPSA) is 118 Å². The largest absolute Gasteiger partial charge is 0.295 e. The highest BCUT2D eigenvalue weighted by Crippen LogP contribution is 2.30. The molecule has 0 saturated carbocycles. The molecule has 160 valence electrons. The molecule has 2 heterocycles. The van der Waals surface area contributed by atoms with Crippen molar-refractivity contribution in [1.29, 1.82) is 0 Å². The van der Waals surface area contributed by atoms with Crippen LogP contribution in [0.2, 0.25) is 0 Å². The van der Waals surface area contributed by atoms with E-state index in [-0.39, 0.29) is 34.6 Å². The highest BCUT2D eigenvalue weighted by atomic mass is 32.2. The molecule has 4 rings (SSSR count). The summed E-state index contributed by atoms with van der Waals surface area (Å²) in [5, 5.41) is 2.14. The molecule has 0 spiro atoms. The van der Waals surface area contributed by atoms with Crippen molar-refractivity contribution in [1.82, 2.24) is 10.2 Å². The van der Waals surface area contributed by atoms with Gasteiger partial charge in [0.2, 0.25) is 11.8 Å². The second-order valence-corrected chi connectivity index (χ2v) is 9.74. The van der Waals surface area contributed by atoms with E-state index in [1.54, 1.807) is 19.1 Å². The molecule has 9 heteroatoms. The fourth-order valence-corrected chi connectivity index (χ4v) is 5.65. The van der Waals surface area contributed by atoms with E-state index in [4.69, 9.17) is 0 Å². The Labute approximate surface area is 179 Å². The van der Waals surface area contributed by atoms with E-state index in [0.717, 1.165) is 10.5 Å². The predicted molar refractivity (Wildman–Crippen MR) is 110 cm³/mol. The SMILES string of the molecule is Cc1cccc(S(=O)(=O)Cc2ccc3c(c2)C(=O)N(C2CCC(=O)NC2=O)C3=O)c1C. The molecule has 8 nitrogen and oxygen atoms in total. The van der Waals surface area contributed by atoms with Gasteiger partial charge in [-0.3, -0.25) is 29.4 Å². The van der Waals surface area contributed by atoms with Crippen LogP contribution in [0.1, 0.15) is 50.2 Å². The molecule has 0 aromatic heterocycles. The fourth-order valence-electron chi connectivity index (χ4n) is 3.97. The molecule has 1 N–H and O–H groups in total. The Balaban J connectivity index is 1.64. The highest BCUT2D eigenvalue weighted by molar-refractivity contribution is 7.90. The van der Waals surface area contributed by atoms with E-state index < -0.39 is 39.5 Å². The molecule has 2 aromatic carbocycles. The fraction of sp³-hybridized carbons (Fsp3) is 0.273. The van der Waals surface area contributed by atoms with Gasteiger partial charge in [0.05, 0.1) is 21.8 Å². The van der Waals surface area contributed by atoms with Crippen LogP contribution < -0.4 is 5.32 Å². The van der Waals surface area contributed by atoms with Crippen LogP contribution in [0.25, 0.3) is 0 Å². The summed E-state index contributed by atoms with van der Waals surface area (Å²) < 4.78 is 25.9. The van der Waals surface area contributed by atoms with Crippen LogP contribution >= 0.6 is 0 Å². The van der Waals surface area contributed by atoms with Gasteiger partial charge in [0.25, 0.3) is 11.8 Å². The number of amides is 4. The van der Waals surface area contributed by atoms with Crippen LogP contribution in [0, 0.1) is 13.8 Å². The van der Waals surface area contributed by atoms with Crippen molar-refractivity contribution in [2.24, 2.45) is 0 Å². The first-order valence-corrected chi connectivity index (χ1v) is 11.4. The normalized spacial score (nSPS) is 18.9. The van der Waals surface area contributed by atoms with Crippen molar-refractivity contribution in [2.45, 2.75) is 43.4 Å². The molecule has 0 radical (unpaired) electrons. The van der Waals surface area contributed by atoms with Crippen molar-refractivity contribution in [3.8, 4) is 0 Å². The first kappa shape index (κ1) is 20.9. The van der Waals surface area contributed by atoms with Crippen LogP contribution in [0.5, 0.6) is 0 Å². The zero-order valence-electron chi connectivity index (χ0n) is 17.0.